The zero-order chi connectivity index (χ0) is 27.6. The number of morpholine rings is 1. The van der Waals surface area contributed by atoms with Crippen LogP contribution in [-0.4, -0.2) is 80.0 Å². The molecule has 2 unspecified atom stereocenters. The van der Waals surface area contributed by atoms with Crippen LogP contribution in [0.1, 0.15) is 48.5 Å². The number of hydrogen-bond donors (Lipinski definition) is 1. The van der Waals surface area contributed by atoms with Gasteiger partial charge in [0.2, 0.25) is 6.29 Å². The molecular formula is C26H40N2O9. The fraction of sp³-hybridized carbons (Fsp3) is 0.654. The van der Waals surface area contributed by atoms with Crippen molar-refractivity contribution in [3.63, 3.8) is 0 Å². The Morgan fingerprint density at radius 1 is 1.08 bits per heavy atom. The predicted molar refractivity (Wildman–Crippen MR) is 134 cm³/mol. The Labute approximate surface area is 218 Å². The number of amides is 2. The number of hydrogen-bond acceptors (Lipinski definition) is 9. The first-order valence-corrected chi connectivity index (χ1v) is 12.5. The third kappa shape index (κ3) is 10.4. The van der Waals surface area contributed by atoms with Crippen LogP contribution in [0.15, 0.2) is 24.3 Å². The third-order valence-electron chi connectivity index (χ3n) is 5.11. The lowest BCUT2D eigenvalue weighted by atomic mass is 10.1. The second kappa shape index (κ2) is 13.9. The van der Waals surface area contributed by atoms with E-state index < -0.39 is 36.1 Å². The summed E-state index contributed by atoms with van der Waals surface area (Å²) in [5, 5.41) is 2.51. The first-order chi connectivity index (χ1) is 17.4. The van der Waals surface area contributed by atoms with E-state index in [1.807, 2.05) is 25.1 Å². The highest BCUT2D eigenvalue weighted by molar-refractivity contribution is 5.82. The molecule has 0 spiro atoms. The van der Waals surface area contributed by atoms with Gasteiger partial charge < -0.3 is 38.6 Å². The lowest BCUT2D eigenvalue weighted by molar-refractivity contribution is -0.170. The van der Waals surface area contributed by atoms with Crippen molar-refractivity contribution in [2.45, 2.75) is 72.5 Å². The van der Waals surface area contributed by atoms with Crippen molar-refractivity contribution in [2.24, 2.45) is 5.92 Å². The normalized spacial score (nSPS) is 17.4. The number of esters is 1. The van der Waals surface area contributed by atoms with Gasteiger partial charge in [0.05, 0.1) is 19.8 Å². The van der Waals surface area contributed by atoms with Gasteiger partial charge in [0.15, 0.2) is 11.5 Å². The fourth-order valence-corrected chi connectivity index (χ4v) is 3.42. The minimum absolute atomic E-state index is 0.213. The molecule has 0 saturated carbocycles. The number of carbonyl (C=O) groups excluding carboxylic acids is 3. The Balaban J connectivity index is 1.85. The summed E-state index contributed by atoms with van der Waals surface area (Å²) in [6, 6.07) is 6.36. The van der Waals surface area contributed by atoms with Crippen LogP contribution in [0.25, 0.3) is 0 Å². The zero-order valence-electron chi connectivity index (χ0n) is 22.8. The number of benzene rings is 1. The molecule has 2 amide bonds. The molecule has 1 N–H and O–H groups in total. The molecule has 1 aromatic rings. The van der Waals surface area contributed by atoms with E-state index >= 15 is 0 Å². The van der Waals surface area contributed by atoms with Crippen LogP contribution in [0, 0.1) is 5.92 Å². The van der Waals surface area contributed by atoms with Crippen molar-refractivity contribution in [3.05, 3.63) is 24.3 Å². The van der Waals surface area contributed by atoms with Crippen LogP contribution in [0.2, 0.25) is 0 Å². The molecule has 2 rings (SSSR count). The maximum Gasteiger partial charge on any atom is 0.413 e. The second-order valence-electron chi connectivity index (χ2n) is 9.89. The summed E-state index contributed by atoms with van der Waals surface area (Å²) in [7, 11) is 0. The first kappa shape index (κ1) is 30.0. The molecule has 3 atom stereocenters. The fourth-order valence-electron chi connectivity index (χ4n) is 3.42. The molecule has 0 aliphatic carbocycles. The van der Waals surface area contributed by atoms with E-state index in [2.05, 4.69) is 5.32 Å². The summed E-state index contributed by atoms with van der Waals surface area (Å²) in [6.45, 7) is 13.6. The summed E-state index contributed by atoms with van der Waals surface area (Å²) < 4.78 is 33.0. The molecule has 0 bridgehead atoms. The number of alkyl carbamates (subject to hydrolysis) is 1. The molecular weight excluding hydrogens is 484 g/mol. The van der Waals surface area contributed by atoms with Gasteiger partial charge in [-0.05, 0) is 45.7 Å². The van der Waals surface area contributed by atoms with Gasteiger partial charge in [-0.15, -0.1) is 0 Å². The van der Waals surface area contributed by atoms with Crippen molar-refractivity contribution >= 4 is 18.2 Å². The Morgan fingerprint density at radius 3 is 2.32 bits per heavy atom. The van der Waals surface area contributed by atoms with Crippen LogP contribution in [0.3, 0.4) is 0 Å². The Bertz CT molecular complexity index is 900. The molecule has 208 valence electrons. The maximum atomic E-state index is 12.7. The van der Waals surface area contributed by atoms with Gasteiger partial charge in [0.1, 0.15) is 24.4 Å². The van der Waals surface area contributed by atoms with E-state index in [0.717, 1.165) is 0 Å². The van der Waals surface area contributed by atoms with Gasteiger partial charge in [0.25, 0.3) is 0 Å². The van der Waals surface area contributed by atoms with E-state index in [1.54, 1.807) is 40.7 Å². The number of nitrogens with one attached hydrogen (secondary N) is 1. The maximum absolute atomic E-state index is 12.7. The minimum Gasteiger partial charge on any atom is -0.490 e. The topological polar surface area (TPSA) is 122 Å². The zero-order valence-corrected chi connectivity index (χ0v) is 22.8. The Hall–Kier alpha value is -3.21. The average Bonchev–Trinajstić information content (AvgIpc) is 2.81. The highest BCUT2D eigenvalue weighted by Gasteiger charge is 2.31. The second-order valence-corrected chi connectivity index (χ2v) is 9.89. The van der Waals surface area contributed by atoms with E-state index in [0.29, 0.717) is 31.3 Å². The molecule has 1 fully saturated rings. The highest BCUT2D eigenvalue weighted by atomic mass is 16.7. The van der Waals surface area contributed by atoms with E-state index in [9.17, 15) is 14.4 Å². The number of carbonyl (C=O) groups is 3. The van der Waals surface area contributed by atoms with Gasteiger partial charge >= 0.3 is 18.2 Å². The van der Waals surface area contributed by atoms with Crippen LogP contribution in [0.4, 0.5) is 9.59 Å². The largest absolute Gasteiger partial charge is 0.490 e. The molecule has 1 heterocycles. The van der Waals surface area contributed by atoms with Gasteiger partial charge in [-0.1, -0.05) is 26.0 Å². The SMILES string of the molecule is CCOc1ccccc1OC[C@@H]1CN(C(=O)OC(C)OC(=O)C(NC(=O)OC(C)(C)C)C(C)C)CCO1. The third-order valence-corrected chi connectivity index (χ3v) is 5.11. The smallest absolute Gasteiger partial charge is 0.413 e. The quantitative estimate of drug-likeness (QED) is 0.360. The molecule has 1 aliphatic heterocycles. The molecule has 0 radical (unpaired) electrons. The van der Waals surface area contributed by atoms with Crippen LogP contribution in [-0.2, 0) is 23.7 Å². The summed E-state index contributed by atoms with van der Waals surface area (Å²) in [5.74, 6) is 0.208. The highest BCUT2D eigenvalue weighted by Crippen LogP contribution is 2.26. The van der Waals surface area contributed by atoms with E-state index in [4.69, 9.17) is 28.4 Å². The van der Waals surface area contributed by atoms with E-state index in [-0.39, 0.29) is 25.2 Å². The molecule has 11 nitrogen and oxygen atoms in total. The average molecular weight is 525 g/mol. The van der Waals surface area contributed by atoms with Crippen molar-refractivity contribution in [2.75, 3.05) is 32.9 Å². The first-order valence-electron chi connectivity index (χ1n) is 12.5. The minimum atomic E-state index is -1.17. The number of nitrogens with zero attached hydrogens (tertiary/aromatic N) is 1. The van der Waals surface area contributed by atoms with Gasteiger partial charge in [-0.25, -0.2) is 14.4 Å². The van der Waals surface area contributed by atoms with Crippen molar-refractivity contribution in [3.8, 4) is 11.5 Å². The van der Waals surface area contributed by atoms with Crippen LogP contribution in [0.5, 0.6) is 11.5 Å². The molecule has 1 saturated heterocycles. The molecule has 37 heavy (non-hydrogen) atoms. The molecule has 11 heteroatoms. The van der Waals surface area contributed by atoms with Crippen molar-refractivity contribution in [1.82, 2.24) is 10.2 Å². The van der Waals surface area contributed by atoms with Gasteiger partial charge in [-0.2, -0.15) is 0 Å². The summed E-state index contributed by atoms with van der Waals surface area (Å²) in [5.41, 5.74) is -0.716. The van der Waals surface area contributed by atoms with Crippen LogP contribution < -0.4 is 14.8 Å². The van der Waals surface area contributed by atoms with Crippen molar-refractivity contribution in [1.29, 1.82) is 0 Å². The Morgan fingerprint density at radius 2 is 1.73 bits per heavy atom. The monoisotopic (exact) mass is 524 g/mol. The van der Waals surface area contributed by atoms with Gasteiger partial charge in [-0.3, -0.25) is 0 Å². The lowest BCUT2D eigenvalue weighted by Crippen LogP contribution is -2.50. The summed E-state index contributed by atoms with van der Waals surface area (Å²) >= 11 is 0. The van der Waals surface area contributed by atoms with Crippen LogP contribution >= 0.6 is 0 Å². The number of rotatable bonds is 10. The van der Waals surface area contributed by atoms with Crippen molar-refractivity contribution < 1.29 is 42.8 Å². The molecule has 0 aromatic heterocycles. The number of ether oxygens (including phenoxy) is 6. The Kier molecular flexibility index (Phi) is 11.3. The molecule has 1 aromatic carbocycles. The predicted octanol–water partition coefficient (Wildman–Crippen LogP) is 3.74. The van der Waals surface area contributed by atoms with E-state index in [1.165, 1.54) is 11.8 Å². The standard InChI is InChI=1S/C26H40N2O9/c1-8-32-20-11-9-10-12-21(20)34-16-19-15-28(13-14-33-19)25(31)36-18(4)35-23(29)22(17(2)3)27-24(30)37-26(5,6)7/h9-12,17-19,22H,8,13-16H2,1-7H3,(H,27,30)/t18?,19-,22?/m0/s1. The summed E-state index contributed by atoms with van der Waals surface area (Å²) in [4.78, 5) is 38.9. The molecule has 1 aliphatic rings. The number of para-hydroxylation sites is 2. The summed E-state index contributed by atoms with van der Waals surface area (Å²) in [6.07, 6.45) is -2.93. The lowest BCUT2D eigenvalue weighted by Gasteiger charge is -2.33. The van der Waals surface area contributed by atoms with Gasteiger partial charge in [0, 0.05) is 13.5 Å².